The summed E-state index contributed by atoms with van der Waals surface area (Å²) in [5, 5.41) is 8.33. The molecule has 32 heavy (non-hydrogen) atoms. The molecule has 0 radical (unpaired) electrons. The van der Waals surface area contributed by atoms with Crippen LogP contribution in [0.5, 0.6) is 5.75 Å². The van der Waals surface area contributed by atoms with E-state index in [-0.39, 0.29) is 5.97 Å². The molecular formula is C24H25ClN4O3. The lowest BCUT2D eigenvalue weighted by atomic mass is 9.94. The second-order valence-corrected chi connectivity index (χ2v) is 7.84. The average Bonchev–Trinajstić information content (AvgIpc) is 3.26. The number of hydrogen-bond donors (Lipinski definition) is 1. The molecule has 0 amide bonds. The molecule has 0 unspecified atom stereocenters. The number of carbonyl (C=O) groups excluding carboxylic acids is 1. The highest BCUT2D eigenvalue weighted by Crippen LogP contribution is 2.37. The lowest BCUT2D eigenvalue weighted by molar-refractivity contribution is -0.139. The van der Waals surface area contributed by atoms with Gasteiger partial charge in [0.1, 0.15) is 24.7 Å². The van der Waals surface area contributed by atoms with Crippen molar-refractivity contribution in [2.24, 2.45) is 0 Å². The monoisotopic (exact) mass is 452 g/mol. The predicted molar refractivity (Wildman–Crippen MR) is 123 cm³/mol. The first-order chi connectivity index (χ1) is 15.6. The quantitative estimate of drug-likeness (QED) is 0.476. The zero-order valence-corrected chi connectivity index (χ0v) is 18.8. The molecule has 0 spiro atoms. The zero-order valence-electron chi connectivity index (χ0n) is 18.0. The number of ether oxygens (including phenoxy) is 2. The Balaban J connectivity index is 1.68. The number of fused-ring (bicyclic) bond motifs is 1. The third-order valence-corrected chi connectivity index (χ3v) is 5.42. The molecule has 0 saturated heterocycles. The average molecular weight is 453 g/mol. The lowest BCUT2D eigenvalue weighted by Crippen LogP contribution is -2.30. The molecule has 1 atom stereocenters. The summed E-state index contributed by atoms with van der Waals surface area (Å²) in [7, 11) is 0. The molecule has 0 bridgehead atoms. The van der Waals surface area contributed by atoms with Crippen LogP contribution in [0.25, 0.3) is 0 Å². The zero-order chi connectivity index (χ0) is 22.5. The number of benzene rings is 2. The number of anilines is 1. The van der Waals surface area contributed by atoms with Crippen LogP contribution in [0.3, 0.4) is 0 Å². The van der Waals surface area contributed by atoms with Gasteiger partial charge in [-0.3, -0.25) is 0 Å². The Hall–Kier alpha value is -3.32. The first-order valence-electron chi connectivity index (χ1n) is 10.6. The Morgan fingerprint density at radius 3 is 2.75 bits per heavy atom. The van der Waals surface area contributed by atoms with E-state index in [9.17, 15) is 4.79 Å². The normalized spacial score (nSPS) is 15.2. The molecule has 2 aromatic carbocycles. The van der Waals surface area contributed by atoms with Crippen LogP contribution in [0.4, 0.5) is 5.95 Å². The van der Waals surface area contributed by atoms with Crippen molar-refractivity contribution in [2.45, 2.75) is 39.3 Å². The molecule has 166 valence electrons. The van der Waals surface area contributed by atoms with Crippen molar-refractivity contribution < 1.29 is 14.3 Å². The van der Waals surface area contributed by atoms with E-state index in [1.807, 2.05) is 48.5 Å². The summed E-state index contributed by atoms with van der Waals surface area (Å²) in [4.78, 5) is 17.3. The van der Waals surface area contributed by atoms with Crippen molar-refractivity contribution >= 4 is 23.5 Å². The van der Waals surface area contributed by atoms with Gasteiger partial charge in [-0.05, 0) is 48.7 Å². The van der Waals surface area contributed by atoms with Crippen molar-refractivity contribution in [1.29, 1.82) is 0 Å². The standard InChI is InChI=1S/C24H25ClN4O3/c1-3-6-20-21(23(30)31-4-2)22(29-24(28-20)26-15-27-29)17-7-5-8-19(13-17)32-14-16-9-11-18(25)12-10-16/h5,7-13,15,22H,3-4,6,14H2,1-2H3,(H,26,27,28)/t22-/m1/s1. The highest BCUT2D eigenvalue weighted by molar-refractivity contribution is 6.30. The molecule has 4 rings (SSSR count). The summed E-state index contributed by atoms with van der Waals surface area (Å²) < 4.78 is 13.1. The van der Waals surface area contributed by atoms with Crippen LogP contribution in [-0.4, -0.2) is 27.3 Å². The fourth-order valence-electron chi connectivity index (χ4n) is 3.74. The van der Waals surface area contributed by atoms with Crippen LogP contribution >= 0.6 is 11.6 Å². The van der Waals surface area contributed by atoms with Crippen molar-refractivity contribution in [3.63, 3.8) is 0 Å². The second kappa shape index (κ2) is 9.87. The Kier molecular flexibility index (Phi) is 6.75. The molecule has 0 fully saturated rings. The fraction of sp³-hybridized carbons (Fsp3) is 0.292. The number of allylic oxidation sites excluding steroid dienone is 1. The summed E-state index contributed by atoms with van der Waals surface area (Å²) in [6, 6.07) is 14.8. The third-order valence-electron chi connectivity index (χ3n) is 5.17. The SMILES string of the molecule is CCCC1=C(C(=O)OCC)[C@@H](c2cccc(OCc3ccc(Cl)cc3)c2)n2ncnc2N1. The highest BCUT2D eigenvalue weighted by Gasteiger charge is 2.35. The molecule has 7 nitrogen and oxygen atoms in total. The van der Waals surface area contributed by atoms with Crippen LogP contribution in [0.1, 0.15) is 43.9 Å². The minimum Gasteiger partial charge on any atom is -0.489 e. The van der Waals surface area contributed by atoms with Gasteiger partial charge in [0, 0.05) is 10.7 Å². The van der Waals surface area contributed by atoms with E-state index in [1.54, 1.807) is 11.6 Å². The third kappa shape index (κ3) is 4.62. The van der Waals surface area contributed by atoms with Crippen LogP contribution in [0, 0.1) is 0 Å². The van der Waals surface area contributed by atoms with Crippen molar-refractivity contribution in [1.82, 2.24) is 14.8 Å². The number of nitrogens with zero attached hydrogens (tertiary/aromatic N) is 3. The Morgan fingerprint density at radius 1 is 1.19 bits per heavy atom. The number of carbonyl (C=O) groups is 1. The maximum absolute atomic E-state index is 13.0. The van der Waals surface area contributed by atoms with Gasteiger partial charge in [0.2, 0.25) is 5.95 Å². The van der Waals surface area contributed by atoms with Crippen molar-refractivity contribution in [3.05, 3.63) is 82.3 Å². The van der Waals surface area contributed by atoms with Gasteiger partial charge in [-0.25, -0.2) is 9.48 Å². The predicted octanol–water partition coefficient (Wildman–Crippen LogP) is 5.14. The van der Waals surface area contributed by atoms with Crippen molar-refractivity contribution in [2.75, 3.05) is 11.9 Å². The smallest absolute Gasteiger partial charge is 0.338 e. The van der Waals surface area contributed by atoms with Gasteiger partial charge in [0.25, 0.3) is 0 Å². The Labute approximate surface area is 192 Å². The van der Waals surface area contributed by atoms with Gasteiger partial charge in [0.15, 0.2) is 0 Å². The topological polar surface area (TPSA) is 78.3 Å². The molecule has 8 heteroatoms. The molecule has 1 aliphatic rings. The number of esters is 1. The summed E-state index contributed by atoms with van der Waals surface area (Å²) >= 11 is 5.96. The number of aromatic nitrogens is 3. The summed E-state index contributed by atoms with van der Waals surface area (Å²) in [5.74, 6) is 0.930. The van der Waals surface area contributed by atoms with Gasteiger partial charge in [-0.15, -0.1) is 0 Å². The fourth-order valence-corrected chi connectivity index (χ4v) is 3.86. The van der Waals surface area contributed by atoms with Gasteiger partial charge in [-0.2, -0.15) is 10.1 Å². The van der Waals surface area contributed by atoms with Gasteiger partial charge >= 0.3 is 5.97 Å². The number of hydrogen-bond acceptors (Lipinski definition) is 6. The van der Waals surface area contributed by atoms with E-state index in [0.29, 0.717) is 41.9 Å². The first-order valence-corrected chi connectivity index (χ1v) is 11.0. The van der Waals surface area contributed by atoms with Crippen LogP contribution in [0.15, 0.2) is 66.1 Å². The van der Waals surface area contributed by atoms with Crippen molar-refractivity contribution in [3.8, 4) is 5.75 Å². The Morgan fingerprint density at radius 2 is 2.00 bits per heavy atom. The molecule has 3 aromatic rings. The van der Waals surface area contributed by atoms with E-state index >= 15 is 0 Å². The van der Waals surface area contributed by atoms with Gasteiger partial charge in [-0.1, -0.05) is 49.2 Å². The lowest BCUT2D eigenvalue weighted by Gasteiger charge is -2.29. The molecule has 0 saturated carbocycles. The van der Waals surface area contributed by atoms with Gasteiger partial charge < -0.3 is 14.8 Å². The number of halogens is 1. The largest absolute Gasteiger partial charge is 0.489 e. The van der Waals surface area contributed by atoms with E-state index < -0.39 is 6.04 Å². The first kappa shape index (κ1) is 21.9. The molecule has 1 aliphatic heterocycles. The van der Waals surface area contributed by atoms with E-state index in [0.717, 1.165) is 23.2 Å². The molecular weight excluding hydrogens is 428 g/mol. The summed E-state index contributed by atoms with van der Waals surface area (Å²) in [5.41, 5.74) is 3.23. The second-order valence-electron chi connectivity index (χ2n) is 7.41. The number of rotatable bonds is 8. The molecule has 1 aromatic heterocycles. The summed E-state index contributed by atoms with van der Waals surface area (Å²) in [6.07, 6.45) is 3.05. The Bertz CT molecular complexity index is 1120. The molecule has 0 aliphatic carbocycles. The summed E-state index contributed by atoms with van der Waals surface area (Å²) in [6.45, 7) is 4.57. The van der Waals surface area contributed by atoms with Crippen LogP contribution in [0.2, 0.25) is 5.02 Å². The molecule has 1 N–H and O–H groups in total. The van der Waals surface area contributed by atoms with Gasteiger partial charge in [0.05, 0.1) is 12.2 Å². The minimum absolute atomic E-state index is 0.295. The van der Waals surface area contributed by atoms with E-state index in [1.165, 1.54) is 6.33 Å². The van der Waals surface area contributed by atoms with E-state index in [4.69, 9.17) is 21.1 Å². The minimum atomic E-state index is -0.464. The maximum Gasteiger partial charge on any atom is 0.338 e. The van der Waals surface area contributed by atoms with E-state index in [2.05, 4.69) is 22.3 Å². The maximum atomic E-state index is 13.0. The highest BCUT2D eigenvalue weighted by atomic mass is 35.5. The van der Waals surface area contributed by atoms with Crippen LogP contribution in [-0.2, 0) is 16.1 Å². The molecule has 2 heterocycles. The van der Waals surface area contributed by atoms with Crippen LogP contribution < -0.4 is 10.1 Å². The number of nitrogens with one attached hydrogen (secondary N) is 1.